The topological polar surface area (TPSA) is 105 Å². The second kappa shape index (κ2) is 6.05. The lowest BCUT2D eigenvalue weighted by molar-refractivity contribution is -0.121. The van der Waals surface area contributed by atoms with Crippen LogP contribution in [0.5, 0.6) is 17.2 Å². The van der Waals surface area contributed by atoms with Crippen molar-refractivity contribution in [2.45, 2.75) is 6.92 Å². The van der Waals surface area contributed by atoms with E-state index in [0.717, 1.165) is 0 Å². The summed E-state index contributed by atoms with van der Waals surface area (Å²) in [6, 6.07) is 2.62. The van der Waals surface area contributed by atoms with Crippen LogP contribution in [0.4, 0.5) is 0 Å². The van der Waals surface area contributed by atoms with Gasteiger partial charge in [-0.25, -0.2) is 5.43 Å². The molecule has 0 radical (unpaired) electrons. The highest BCUT2D eigenvalue weighted by molar-refractivity contribution is 6.02. The Bertz CT molecular complexity index is 512. The molecular formula is C12H17N3O4. The van der Waals surface area contributed by atoms with E-state index in [1.165, 1.54) is 12.1 Å². The fourth-order valence-corrected chi connectivity index (χ4v) is 1.39. The Kier molecular flexibility index (Phi) is 4.71. The molecule has 0 unspecified atom stereocenters. The number of hydrogen-bond donors (Lipinski definition) is 4. The van der Waals surface area contributed by atoms with Crippen LogP contribution in [0, 0.1) is 0 Å². The van der Waals surface area contributed by atoms with Crippen molar-refractivity contribution >= 4 is 11.6 Å². The van der Waals surface area contributed by atoms with E-state index in [1.54, 1.807) is 25.9 Å². The van der Waals surface area contributed by atoms with Crippen LogP contribution in [-0.2, 0) is 4.79 Å². The Labute approximate surface area is 110 Å². The minimum atomic E-state index is -0.619. The molecule has 1 amide bonds. The Balaban J connectivity index is 2.86. The first-order chi connectivity index (χ1) is 8.82. The summed E-state index contributed by atoms with van der Waals surface area (Å²) in [6.07, 6.45) is 0. The monoisotopic (exact) mass is 267 g/mol. The largest absolute Gasteiger partial charge is 0.504 e. The molecule has 0 aromatic heterocycles. The first kappa shape index (κ1) is 14.8. The number of benzene rings is 1. The number of hydrazone groups is 1. The maximum Gasteiger partial charge on any atom is 0.254 e. The quantitative estimate of drug-likeness (QED) is 0.354. The minimum Gasteiger partial charge on any atom is -0.504 e. The number of carbonyl (C=O) groups is 1. The van der Waals surface area contributed by atoms with Crippen molar-refractivity contribution in [1.29, 1.82) is 0 Å². The van der Waals surface area contributed by atoms with E-state index in [-0.39, 0.29) is 18.0 Å². The third kappa shape index (κ3) is 3.85. The van der Waals surface area contributed by atoms with Crippen LogP contribution in [-0.4, -0.2) is 52.5 Å². The van der Waals surface area contributed by atoms with Gasteiger partial charge in [0.15, 0.2) is 11.5 Å². The van der Waals surface area contributed by atoms with E-state index in [4.69, 9.17) is 0 Å². The molecule has 0 atom stereocenters. The maximum absolute atomic E-state index is 11.4. The van der Waals surface area contributed by atoms with Crippen molar-refractivity contribution in [1.82, 2.24) is 10.3 Å². The Morgan fingerprint density at radius 2 is 1.89 bits per heavy atom. The summed E-state index contributed by atoms with van der Waals surface area (Å²) in [7, 11) is 3.50. The normalized spacial score (nSPS) is 11.7. The number of nitrogens with zero attached hydrogens (tertiary/aromatic N) is 2. The van der Waals surface area contributed by atoms with Crippen LogP contribution in [0.2, 0.25) is 0 Å². The first-order valence-electron chi connectivity index (χ1n) is 5.55. The van der Waals surface area contributed by atoms with Gasteiger partial charge < -0.3 is 20.2 Å². The fraction of sp³-hybridized carbons (Fsp3) is 0.333. The zero-order valence-corrected chi connectivity index (χ0v) is 11.0. The summed E-state index contributed by atoms with van der Waals surface area (Å²) in [4.78, 5) is 13.1. The van der Waals surface area contributed by atoms with Gasteiger partial charge in [0, 0.05) is 5.56 Å². The molecule has 1 aromatic carbocycles. The molecule has 7 heteroatoms. The highest BCUT2D eigenvalue weighted by Crippen LogP contribution is 2.37. The Hall–Kier alpha value is -2.28. The molecule has 0 saturated heterocycles. The number of amides is 1. The predicted octanol–water partition coefficient (Wildman–Crippen LogP) is 0.205. The molecule has 1 rings (SSSR count). The highest BCUT2D eigenvalue weighted by Gasteiger charge is 2.13. The molecule has 0 bridgehead atoms. The predicted molar refractivity (Wildman–Crippen MR) is 70.3 cm³/mol. The first-order valence-corrected chi connectivity index (χ1v) is 5.55. The van der Waals surface area contributed by atoms with E-state index >= 15 is 0 Å². The summed E-state index contributed by atoms with van der Waals surface area (Å²) in [6.45, 7) is 1.74. The molecule has 19 heavy (non-hydrogen) atoms. The van der Waals surface area contributed by atoms with E-state index in [2.05, 4.69) is 10.5 Å². The van der Waals surface area contributed by atoms with Gasteiger partial charge in [0.25, 0.3) is 5.91 Å². The van der Waals surface area contributed by atoms with Crippen LogP contribution in [0.3, 0.4) is 0 Å². The molecule has 1 aromatic rings. The lowest BCUT2D eigenvalue weighted by atomic mass is 10.1. The van der Waals surface area contributed by atoms with Gasteiger partial charge >= 0.3 is 0 Å². The van der Waals surface area contributed by atoms with Gasteiger partial charge in [0.1, 0.15) is 0 Å². The molecule has 0 aliphatic carbocycles. The highest BCUT2D eigenvalue weighted by atomic mass is 16.3. The van der Waals surface area contributed by atoms with Crippen molar-refractivity contribution in [2.24, 2.45) is 5.10 Å². The maximum atomic E-state index is 11.4. The molecule has 0 saturated carbocycles. The molecule has 0 aliphatic heterocycles. The third-order valence-corrected chi connectivity index (χ3v) is 2.33. The summed E-state index contributed by atoms with van der Waals surface area (Å²) in [5.74, 6) is -1.83. The van der Waals surface area contributed by atoms with Crippen LogP contribution >= 0.6 is 0 Å². The van der Waals surface area contributed by atoms with Crippen molar-refractivity contribution < 1.29 is 20.1 Å². The summed E-state index contributed by atoms with van der Waals surface area (Å²) >= 11 is 0. The van der Waals surface area contributed by atoms with Gasteiger partial charge in [-0.05, 0) is 33.2 Å². The van der Waals surface area contributed by atoms with Gasteiger partial charge in [-0.1, -0.05) is 0 Å². The molecular weight excluding hydrogens is 250 g/mol. The van der Waals surface area contributed by atoms with Crippen LogP contribution < -0.4 is 5.43 Å². The summed E-state index contributed by atoms with van der Waals surface area (Å²) in [5, 5.41) is 32.0. The molecule has 4 N–H and O–H groups in total. The van der Waals surface area contributed by atoms with E-state index in [9.17, 15) is 20.1 Å². The summed E-state index contributed by atoms with van der Waals surface area (Å²) in [5.41, 5.74) is 2.85. The molecule has 0 heterocycles. The van der Waals surface area contributed by atoms with Gasteiger partial charge in [-0.2, -0.15) is 5.10 Å². The number of nitrogens with one attached hydrogen (secondary N) is 1. The lowest BCUT2D eigenvalue weighted by Crippen LogP contribution is -2.30. The smallest absolute Gasteiger partial charge is 0.254 e. The average Bonchev–Trinajstić information content (AvgIpc) is 2.32. The minimum absolute atomic E-state index is 0.184. The SMILES string of the molecule is CC(=NNC(=O)CN(C)C)c1ccc(O)c(O)c1O. The van der Waals surface area contributed by atoms with Crippen molar-refractivity contribution in [3.63, 3.8) is 0 Å². The lowest BCUT2D eigenvalue weighted by Gasteiger charge is -2.09. The standard InChI is InChI=1S/C12H17N3O4/c1-7(13-14-10(17)6-15(2)3)8-4-5-9(16)12(19)11(8)18/h4-5,16,18-19H,6H2,1-3H3,(H,14,17). The van der Waals surface area contributed by atoms with E-state index < -0.39 is 17.2 Å². The number of phenols is 3. The number of aromatic hydroxyl groups is 3. The number of hydrogen-bond acceptors (Lipinski definition) is 6. The number of phenolic OH excluding ortho intramolecular Hbond substituents is 3. The zero-order valence-electron chi connectivity index (χ0n) is 11.0. The van der Waals surface area contributed by atoms with Gasteiger partial charge in [0.05, 0.1) is 12.3 Å². The number of likely N-dealkylation sites (N-methyl/N-ethyl adjacent to an activating group) is 1. The number of rotatable bonds is 4. The van der Waals surface area contributed by atoms with Crippen molar-refractivity contribution in [2.75, 3.05) is 20.6 Å². The van der Waals surface area contributed by atoms with Crippen molar-refractivity contribution in [3.8, 4) is 17.2 Å². The van der Waals surface area contributed by atoms with Gasteiger partial charge in [0.2, 0.25) is 5.75 Å². The summed E-state index contributed by atoms with van der Waals surface area (Å²) < 4.78 is 0. The molecule has 0 aliphatic rings. The van der Waals surface area contributed by atoms with Gasteiger partial charge in [-0.3, -0.25) is 4.79 Å². The Morgan fingerprint density at radius 3 is 2.47 bits per heavy atom. The van der Waals surface area contributed by atoms with Crippen LogP contribution in [0.15, 0.2) is 17.2 Å². The van der Waals surface area contributed by atoms with Gasteiger partial charge in [-0.15, -0.1) is 0 Å². The average molecular weight is 267 g/mol. The van der Waals surface area contributed by atoms with Crippen LogP contribution in [0.25, 0.3) is 0 Å². The second-order valence-corrected chi connectivity index (χ2v) is 4.30. The van der Waals surface area contributed by atoms with E-state index in [0.29, 0.717) is 5.71 Å². The molecule has 7 nitrogen and oxygen atoms in total. The van der Waals surface area contributed by atoms with Crippen LogP contribution in [0.1, 0.15) is 12.5 Å². The zero-order chi connectivity index (χ0) is 14.6. The second-order valence-electron chi connectivity index (χ2n) is 4.30. The molecule has 0 fully saturated rings. The molecule has 104 valence electrons. The third-order valence-electron chi connectivity index (χ3n) is 2.33. The number of carbonyl (C=O) groups excluding carboxylic acids is 1. The van der Waals surface area contributed by atoms with Crippen molar-refractivity contribution in [3.05, 3.63) is 17.7 Å². The fourth-order valence-electron chi connectivity index (χ4n) is 1.39. The Morgan fingerprint density at radius 1 is 1.26 bits per heavy atom. The molecule has 0 spiro atoms. The van der Waals surface area contributed by atoms with E-state index in [1.807, 2.05) is 0 Å².